The Bertz CT molecular complexity index is 755. The maximum Gasteiger partial charge on any atom is 0.203 e. The van der Waals surface area contributed by atoms with Gasteiger partial charge in [-0.25, -0.2) is 0 Å². The smallest absolute Gasteiger partial charge is 0.203 e. The van der Waals surface area contributed by atoms with Gasteiger partial charge in [-0.05, 0) is 17.7 Å². The van der Waals surface area contributed by atoms with Crippen molar-refractivity contribution >= 4 is 5.71 Å². The second-order valence-corrected chi connectivity index (χ2v) is 5.77. The first kappa shape index (κ1) is 18.0. The molecule has 3 rings (SSSR count). The summed E-state index contributed by atoms with van der Waals surface area (Å²) < 4.78 is 22.1. The normalized spacial score (nSPS) is 20.0. The van der Waals surface area contributed by atoms with E-state index in [1.165, 1.54) is 0 Å². The number of rotatable bonds is 6. The highest BCUT2D eigenvalue weighted by molar-refractivity contribution is 6.05. The third kappa shape index (κ3) is 3.44. The molecule has 0 bridgehead atoms. The number of hydrogen-bond donors (Lipinski definition) is 2. The van der Waals surface area contributed by atoms with Crippen LogP contribution in [0.2, 0.25) is 0 Å². The molecule has 2 aromatic carbocycles. The molecule has 26 heavy (non-hydrogen) atoms. The van der Waals surface area contributed by atoms with Gasteiger partial charge in [0.15, 0.2) is 11.5 Å². The molecule has 0 amide bonds. The van der Waals surface area contributed by atoms with Crippen LogP contribution in [-0.2, 0) is 4.74 Å². The number of nitrogens with zero attached hydrogens (tertiary/aromatic N) is 1. The van der Waals surface area contributed by atoms with E-state index in [0.29, 0.717) is 29.6 Å². The SMILES string of the molecule is COc1cc(/C(=N\N)C2COC(c3ccccc3)N2)cc(OC)c1OC. The first-order valence-corrected chi connectivity index (χ1v) is 8.22. The summed E-state index contributed by atoms with van der Waals surface area (Å²) in [6.45, 7) is 0.451. The zero-order chi connectivity index (χ0) is 18.5. The molecular weight excluding hydrogens is 334 g/mol. The van der Waals surface area contributed by atoms with Gasteiger partial charge in [0, 0.05) is 5.56 Å². The summed E-state index contributed by atoms with van der Waals surface area (Å²) in [5, 5.41) is 7.41. The van der Waals surface area contributed by atoms with E-state index in [9.17, 15) is 0 Å². The number of hydrazone groups is 1. The molecule has 7 nitrogen and oxygen atoms in total. The minimum Gasteiger partial charge on any atom is -0.493 e. The quantitative estimate of drug-likeness (QED) is 0.467. The van der Waals surface area contributed by atoms with Gasteiger partial charge in [0.1, 0.15) is 6.23 Å². The van der Waals surface area contributed by atoms with Crippen LogP contribution in [0, 0.1) is 0 Å². The fraction of sp³-hybridized carbons (Fsp3) is 0.316. The highest BCUT2D eigenvalue weighted by Crippen LogP contribution is 2.38. The molecule has 1 aliphatic rings. The second kappa shape index (κ2) is 8.07. The molecule has 1 saturated heterocycles. The van der Waals surface area contributed by atoms with Gasteiger partial charge in [0.2, 0.25) is 5.75 Å². The largest absolute Gasteiger partial charge is 0.493 e. The Morgan fingerprint density at radius 1 is 1.08 bits per heavy atom. The van der Waals surface area contributed by atoms with Crippen molar-refractivity contribution in [3.63, 3.8) is 0 Å². The summed E-state index contributed by atoms with van der Waals surface area (Å²) in [7, 11) is 4.71. The molecule has 1 heterocycles. The van der Waals surface area contributed by atoms with Crippen LogP contribution in [0.3, 0.4) is 0 Å². The minimum atomic E-state index is -0.208. The average Bonchev–Trinajstić information content (AvgIpc) is 3.18. The van der Waals surface area contributed by atoms with Gasteiger partial charge in [-0.1, -0.05) is 30.3 Å². The van der Waals surface area contributed by atoms with Crippen molar-refractivity contribution in [1.29, 1.82) is 0 Å². The molecule has 1 fully saturated rings. The molecular formula is C19H23N3O4. The van der Waals surface area contributed by atoms with Crippen LogP contribution in [0.5, 0.6) is 17.2 Å². The fourth-order valence-electron chi connectivity index (χ4n) is 3.04. The van der Waals surface area contributed by atoms with Crippen molar-refractivity contribution in [2.75, 3.05) is 27.9 Å². The topological polar surface area (TPSA) is 87.3 Å². The number of nitrogens with one attached hydrogen (secondary N) is 1. The molecule has 3 N–H and O–H groups in total. The van der Waals surface area contributed by atoms with E-state index in [2.05, 4.69) is 10.4 Å². The van der Waals surface area contributed by atoms with Crippen molar-refractivity contribution in [1.82, 2.24) is 5.32 Å². The second-order valence-electron chi connectivity index (χ2n) is 5.77. The van der Waals surface area contributed by atoms with Crippen molar-refractivity contribution in [3.05, 3.63) is 53.6 Å². The van der Waals surface area contributed by atoms with Gasteiger partial charge in [-0.15, -0.1) is 0 Å². The van der Waals surface area contributed by atoms with E-state index in [1.807, 2.05) is 42.5 Å². The van der Waals surface area contributed by atoms with Gasteiger partial charge in [0.25, 0.3) is 0 Å². The fourth-order valence-corrected chi connectivity index (χ4v) is 3.04. The Morgan fingerprint density at radius 3 is 2.27 bits per heavy atom. The van der Waals surface area contributed by atoms with E-state index in [1.54, 1.807) is 21.3 Å². The van der Waals surface area contributed by atoms with Gasteiger partial charge < -0.3 is 24.8 Å². The van der Waals surface area contributed by atoms with Crippen LogP contribution in [0.25, 0.3) is 0 Å². The molecule has 2 aromatic rings. The molecule has 0 spiro atoms. The van der Waals surface area contributed by atoms with Crippen LogP contribution in [-0.4, -0.2) is 39.7 Å². The van der Waals surface area contributed by atoms with E-state index >= 15 is 0 Å². The monoisotopic (exact) mass is 357 g/mol. The zero-order valence-corrected chi connectivity index (χ0v) is 15.1. The van der Waals surface area contributed by atoms with Crippen LogP contribution in [0.1, 0.15) is 17.4 Å². The van der Waals surface area contributed by atoms with E-state index < -0.39 is 0 Å². The lowest BCUT2D eigenvalue weighted by Gasteiger charge is -2.17. The molecule has 0 aromatic heterocycles. The van der Waals surface area contributed by atoms with Gasteiger partial charge in [-0.3, -0.25) is 5.32 Å². The molecule has 0 aliphatic carbocycles. The van der Waals surface area contributed by atoms with Crippen LogP contribution in [0.15, 0.2) is 47.6 Å². The van der Waals surface area contributed by atoms with Crippen LogP contribution >= 0.6 is 0 Å². The number of nitrogens with two attached hydrogens (primary N) is 1. The highest BCUT2D eigenvalue weighted by atomic mass is 16.5. The maximum absolute atomic E-state index is 5.88. The lowest BCUT2D eigenvalue weighted by Crippen LogP contribution is -2.35. The van der Waals surface area contributed by atoms with E-state index in [4.69, 9.17) is 24.8 Å². The highest BCUT2D eigenvalue weighted by Gasteiger charge is 2.31. The van der Waals surface area contributed by atoms with Gasteiger partial charge in [0.05, 0.1) is 39.7 Å². The molecule has 2 unspecified atom stereocenters. The first-order valence-electron chi connectivity index (χ1n) is 8.22. The van der Waals surface area contributed by atoms with E-state index in [0.717, 1.165) is 11.1 Å². The number of benzene rings is 2. The van der Waals surface area contributed by atoms with Crippen molar-refractivity contribution in [2.24, 2.45) is 10.9 Å². The number of methoxy groups -OCH3 is 3. The summed E-state index contributed by atoms with van der Waals surface area (Å²) in [6.07, 6.45) is -0.208. The Balaban J connectivity index is 1.88. The lowest BCUT2D eigenvalue weighted by molar-refractivity contribution is 0.101. The Morgan fingerprint density at radius 2 is 1.73 bits per heavy atom. The van der Waals surface area contributed by atoms with Crippen LogP contribution < -0.4 is 25.4 Å². The predicted molar refractivity (Wildman–Crippen MR) is 98.9 cm³/mol. The van der Waals surface area contributed by atoms with Crippen molar-refractivity contribution in [3.8, 4) is 17.2 Å². The Hall–Kier alpha value is -2.77. The average molecular weight is 357 g/mol. The molecule has 0 radical (unpaired) electrons. The van der Waals surface area contributed by atoms with Crippen molar-refractivity contribution in [2.45, 2.75) is 12.3 Å². The third-order valence-electron chi connectivity index (χ3n) is 4.31. The Kier molecular flexibility index (Phi) is 5.60. The summed E-state index contributed by atoms with van der Waals surface area (Å²) in [6, 6.07) is 13.4. The molecule has 7 heteroatoms. The van der Waals surface area contributed by atoms with Crippen LogP contribution in [0.4, 0.5) is 0 Å². The zero-order valence-electron chi connectivity index (χ0n) is 15.1. The van der Waals surface area contributed by atoms with Gasteiger partial charge >= 0.3 is 0 Å². The maximum atomic E-state index is 5.88. The van der Waals surface area contributed by atoms with E-state index in [-0.39, 0.29) is 12.3 Å². The van der Waals surface area contributed by atoms with Crippen molar-refractivity contribution < 1.29 is 18.9 Å². The third-order valence-corrected chi connectivity index (χ3v) is 4.31. The summed E-state index contributed by atoms with van der Waals surface area (Å²) in [5.41, 5.74) is 2.48. The minimum absolute atomic E-state index is 0.159. The summed E-state index contributed by atoms with van der Waals surface area (Å²) in [4.78, 5) is 0. The first-order chi connectivity index (χ1) is 12.7. The van der Waals surface area contributed by atoms with Gasteiger partial charge in [-0.2, -0.15) is 5.10 Å². The molecule has 2 atom stereocenters. The number of ether oxygens (including phenoxy) is 4. The molecule has 0 saturated carbocycles. The molecule has 1 aliphatic heterocycles. The predicted octanol–water partition coefficient (Wildman–Crippen LogP) is 2.06. The summed E-state index contributed by atoms with van der Waals surface area (Å²) in [5.74, 6) is 7.31. The summed E-state index contributed by atoms with van der Waals surface area (Å²) >= 11 is 0. The number of hydrogen-bond acceptors (Lipinski definition) is 7. The Labute approximate surface area is 152 Å². The standard InChI is InChI=1S/C19H23N3O4/c1-23-15-9-13(10-16(24-2)18(15)25-3)17(22-20)14-11-26-19(21-14)12-7-5-4-6-8-12/h4-10,14,19,21H,11,20H2,1-3H3/b22-17+. The molecule has 138 valence electrons. The lowest BCUT2D eigenvalue weighted by atomic mass is 10.0.